The van der Waals surface area contributed by atoms with E-state index in [0.717, 1.165) is 28.3 Å². The van der Waals surface area contributed by atoms with Crippen molar-refractivity contribution in [2.75, 3.05) is 18.9 Å². The van der Waals surface area contributed by atoms with Gasteiger partial charge in [-0.1, -0.05) is 30.3 Å². The van der Waals surface area contributed by atoms with E-state index in [0.29, 0.717) is 43.5 Å². The molecular weight excluding hydrogens is 520 g/mol. The van der Waals surface area contributed by atoms with Crippen LogP contribution in [0.3, 0.4) is 0 Å². The summed E-state index contributed by atoms with van der Waals surface area (Å²) < 4.78 is 34.3. The molecule has 0 saturated carbocycles. The fourth-order valence-corrected chi connectivity index (χ4v) is 4.16. The second-order valence-electron chi connectivity index (χ2n) is 8.99. The Morgan fingerprint density at radius 1 is 0.950 bits per heavy atom. The van der Waals surface area contributed by atoms with E-state index in [4.69, 9.17) is 10.5 Å². The number of nitrogen functional groups attached to an aromatic ring is 1. The SMILES string of the molecule is Nc1c(C(=O)c2ccc(F)cc2F)ccc(=O)n1-c1ccc(OCCCN[C@@H](Cc2ccccc2)C(=O)O)cc1. The lowest BCUT2D eigenvalue weighted by Gasteiger charge is -2.15. The van der Waals surface area contributed by atoms with Crippen molar-refractivity contribution < 1.29 is 28.2 Å². The normalized spacial score (nSPS) is 11.7. The molecule has 8 nitrogen and oxygen atoms in total. The summed E-state index contributed by atoms with van der Waals surface area (Å²) >= 11 is 0. The predicted octanol–water partition coefficient (Wildman–Crippen LogP) is 3.98. The second kappa shape index (κ2) is 12.8. The summed E-state index contributed by atoms with van der Waals surface area (Å²) in [6.45, 7) is 0.753. The average molecular weight is 548 g/mol. The van der Waals surface area contributed by atoms with Gasteiger partial charge in [0.1, 0.15) is 29.2 Å². The minimum atomic E-state index is -1.03. The molecule has 0 unspecified atom stereocenters. The minimum Gasteiger partial charge on any atom is -0.494 e. The van der Waals surface area contributed by atoms with Crippen molar-refractivity contribution in [3.63, 3.8) is 0 Å². The van der Waals surface area contributed by atoms with Crippen LogP contribution in [0.15, 0.2) is 89.7 Å². The maximum atomic E-state index is 14.2. The summed E-state index contributed by atoms with van der Waals surface area (Å²) in [5.41, 5.74) is 6.45. The monoisotopic (exact) mass is 547 g/mol. The van der Waals surface area contributed by atoms with Crippen LogP contribution in [-0.2, 0) is 11.2 Å². The zero-order chi connectivity index (χ0) is 28.6. The highest BCUT2D eigenvalue weighted by Crippen LogP contribution is 2.22. The first-order valence-corrected chi connectivity index (χ1v) is 12.5. The number of pyridine rings is 1. The smallest absolute Gasteiger partial charge is 0.321 e. The van der Waals surface area contributed by atoms with Crippen LogP contribution in [0.2, 0.25) is 0 Å². The maximum Gasteiger partial charge on any atom is 0.321 e. The Morgan fingerprint density at radius 2 is 1.65 bits per heavy atom. The van der Waals surface area contributed by atoms with Crippen molar-refractivity contribution >= 4 is 17.6 Å². The number of hydrogen-bond acceptors (Lipinski definition) is 6. The molecule has 4 aromatic rings. The van der Waals surface area contributed by atoms with Gasteiger partial charge in [-0.05, 0) is 67.4 Å². The molecule has 4 rings (SSSR count). The number of nitrogens with two attached hydrogens (primary N) is 1. The molecule has 4 N–H and O–H groups in total. The zero-order valence-corrected chi connectivity index (χ0v) is 21.3. The fraction of sp³-hybridized carbons (Fsp3) is 0.167. The lowest BCUT2D eigenvalue weighted by molar-refractivity contribution is -0.139. The summed E-state index contributed by atoms with van der Waals surface area (Å²) in [6, 6.07) is 20.0. The van der Waals surface area contributed by atoms with Gasteiger partial charge < -0.3 is 20.9 Å². The maximum absolute atomic E-state index is 14.2. The van der Waals surface area contributed by atoms with Gasteiger partial charge in [0.2, 0.25) is 0 Å². The van der Waals surface area contributed by atoms with Gasteiger partial charge in [-0.2, -0.15) is 0 Å². The number of carboxylic acids is 1. The molecule has 1 atom stereocenters. The first kappa shape index (κ1) is 28.2. The van der Waals surface area contributed by atoms with E-state index in [1.54, 1.807) is 24.3 Å². The molecule has 10 heteroatoms. The molecule has 0 fully saturated rings. The number of ketones is 1. The molecular formula is C30H27F2N3O5. The third-order valence-electron chi connectivity index (χ3n) is 6.21. The Hall–Kier alpha value is -4.83. The van der Waals surface area contributed by atoms with Crippen LogP contribution in [0, 0.1) is 11.6 Å². The van der Waals surface area contributed by atoms with Crippen molar-refractivity contribution in [1.29, 1.82) is 0 Å². The molecule has 0 bridgehead atoms. The number of hydrogen-bond donors (Lipinski definition) is 3. The molecule has 3 aromatic carbocycles. The van der Waals surface area contributed by atoms with E-state index in [2.05, 4.69) is 5.32 Å². The van der Waals surface area contributed by atoms with Crippen LogP contribution in [-0.4, -0.2) is 40.6 Å². The van der Waals surface area contributed by atoms with E-state index in [1.165, 1.54) is 6.07 Å². The molecule has 0 aliphatic carbocycles. The number of benzene rings is 3. The fourth-order valence-electron chi connectivity index (χ4n) is 4.16. The van der Waals surface area contributed by atoms with Crippen LogP contribution >= 0.6 is 0 Å². The van der Waals surface area contributed by atoms with Gasteiger partial charge in [-0.3, -0.25) is 19.0 Å². The molecule has 0 spiro atoms. The van der Waals surface area contributed by atoms with E-state index >= 15 is 0 Å². The number of carbonyl (C=O) groups is 2. The Kier molecular flexibility index (Phi) is 9.03. The first-order chi connectivity index (χ1) is 19.2. The van der Waals surface area contributed by atoms with Crippen LogP contribution < -0.4 is 21.3 Å². The Labute approximate surface area is 228 Å². The zero-order valence-electron chi connectivity index (χ0n) is 21.3. The minimum absolute atomic E-state index is 0.107. The van der Waals surface area contributed by atoms with E-state index in [9.17, 15) is 28.3 Å². The molecule has 1 heterocycles. The van der Waals surface area contributed by atoms with E-state index < -0.39 is 35.0 Å². The van der Waals surface area contributed by atoms with Crippen molar-refractivity contribution in [2.45, 2.75) is 18.9 Å². The molecule has 0 radical (unpaired) electrons. The Bertz CT molecular complexity index is 1560. The van der Waals surface area contributed by atoms with Gasteiger partial charge >= 0.3 is 5.97 Å². The standard InChI is InChI=1S/C30H27F2N3O5/c31-20-7-12-23(25(32)18-20)28(37)24-13-14-27(36)35(29(24)33)21-8-10-22(11-9-21)40-16-4-15-34-26(30(38)39)17-19-5-2-1-3-6-19/h1-3,5-14,18,26,34H,4,15-17,33H2,(H,38,39)/t26-/m0/s1. The van der Waals surface area contributed by atoms with Gasteiger partial charge in [0.05, 0.1) is 23.4 Å². The summed E-state index contributed by atoms with van der Waals surface area (Å²) in [5, 5.41) is 12.5. The van der Waals surface area contributed by atoms with Gasteiger partial charge in [0.15, 0.2) is 5.78 Å². The van der Waals surface area contributed by atoms with Crippen LogP contribution in [0.25, 0.3) is 5.69 Å². The second-order valence-corrected chi connectivity index (χ2v) is 8.99. The number of halogens is 2. The lowest BCUT2D eigenvalue weighted by atomic mass is 10.0. The number of carboxylic acid groups (broad SMARTS) is 1. The Morgan fingerprint density at radius 3 is 2.33 bits per heavy atom. The number of ether oxygens (including phenoxy) is 1. The quantitative estimate of drug-likeness (QED) is 0.181. The van der Waals surface area contributed by atoms with Gasteiger partial charge in [0.25, 0.3) is 5.56 Å². The van der Waals surface area contributed by atoms with Crippen molar-refractivity contribution in [3.8, 4) is 11.4 Å². The molecule has 0 saturated heterocycles. The number of nitrogens with zero attached hydrogens (tertiary/aromatic N) is 1. The van der Waals surface area contributed by atoms with Crippen LogP contribution in [0.4, 0.5) is 14.6 Å². The highest BCUT2D eigenvalue weighted by Gasteiger charge is 2.20. The average Bonchev–Trinajstić information content (AvgIpc) is 2.93. The largest absolute Gasteiger partial charge is 0.494 e. The molecule has 0 aliphatic heterocycles. The molecule has 0 aliphatic rings. The number of rotatable bonds is 12. The number of carbonyl (C=O) groups excluding carboxylic acids is 1. The van der Waals surface area contributed by atoms with Gasteiger partial charge in [-0.25, -0.2) is 8.78 Å². The van der Waals surface area contributed by atoms with Gasteiger partial charge in [0, 0.05) is 12.1 Å². The molecule has 40 heavy (non-hydrogen) atoms. The molecule has 0 amide bonds. The predicted molar refractivity (Wildman–Crippen MR) is 146 cm³/mol. The third-order valence-corrected chi connectivity index (χ3v) is 6.21. The van der Waals surface area contributed by atoms with Crippen molar-refractivity contribution in [3.05, 3.63) is 124 Å². The number of nitrogens with one attached hydrogen (secondary N) is 1. The first-order valence-electron chi connectivity index (χ1n) is 12.5. The van der Waals surface area contributed by atoms with Crippen LogP contribution in [0.5, 0.6) is 5.75 Å². The number of anilines is 1. The third kappa shape index (κ3) is 6.78. The number of aromatic nitrogens is 1. The topological polar surface area (TPSA) is 124 Å². The summed E-state index contributed by atoms with van der Waals surface area (Å²) in [7, 11) is 0. The summed E-state index contributed by atoms with van der Waals surface area (Å²) in [6.07, 6.45) is 0.920. The lowest BCUT2D eigenvalue weighted by Crippen LogP contribution is -2.39. The van der Waals surface area contributed by atoms with Gasteiger partial charge in [-0.15, -0.1) is 0 Å². The number of aliphatic carboxylic acids is 1. The van der Waals surface area contributed by atoms with Crippen molar-refractivity contribution in [1.82, 2.24) is 9.88 Å². The Balaban J connectivity index is 1.37. The summed E-state index contributed by atoms with van der Waals surface area (Å²) in [4.78, 5) is 37.0. The van der Waals surface area contributed by atoms with Crippen LogP contribution in [0.1, 0.15) is 27.9 Å². The van der Waals surface area contributed by atoms with E-state index in [1.807, 2.05) is 30.3 Å². The highest BCUT2D eigenvalue weighted by molar-refractivity contribution is 6.11. The van der Waals surface area contributed by atoms with Crippen molar-refractivity contribution in [2.24, 2.45) is 0 Å². The highest BCUT2D eigenvalue weighted by atomic mass is 19.1. The van der Waals surface area contributed by atoms with E-state index in [-0.39, 0.29) is 16.9 Å². The molecule has 206 valence electrons. The summed E-state index contributed by atoms with van der Waals surface area (Å²) in [5.74, 6) is -3.25. The molecule has 1 aromatic heterocycles.